The van der Waals surface area contributed by atoms with Crippen LogP contribution in [0.15, 0.2) is 18.2 Å². The number of terminal acetylenes is 1. The Balaban J connectivity index is 3.45. The fraction of sp³-hybridized carbons (Fsp3) is 0.357. The third kappa shape index (κ3) is 1.81. The summed E-state index contributed by atoms with van der Waals surface area (Å²) in [4.78, 5) is 11.4. The zero-order valence-electron chi connectivity index (χ0n) is 9.87. The van der Waals surface area contributed by atoms with Crippen LogP contribution in [0.2, 0.25) is 0 Å². The van der Waals surface area contributed by atoms with Crippen LogP contribution in [0.1, 0.15) is 30.0 Å². The van der Waals surface area contributed by atoms with E-state index >= 15 is 0 Å². The van der Waals surface area contributed by atoms with Crippen molar-refractivity contribution in [2.24, 2.45) is 0 Å². The van der Waals surface area contributed by atoms with Crippen LogP contribution >= 0.6 is 0 Å². The molecule has 2 nitrogen and oxygen atoms in total. The van der Waals surface area contributed by atoms with Crippen LogP contribution < -0.4 is 0 Å². The maximum Gasteiger partial charge on any atom is 0.326 e. The number of aryl methyl sites for hydroxylation is 2. The lowest BCUT2D eigenvalue weighted by Crippen LogP contribution is -2.34. The first-order valence-corrected chi connectivity index (χ1v) is 5.27. The summed E-state index contributed by atoms with van der Waals surface area (Å²) in [5, 5.41) is 9.33. The topological polar surface area (TPSA) is 37.3 Å². The van der Waals surface area contributed by atoms with Crippen molar-refractivity contribution in [1.82, 2.24) is 0 Å². The molecule has 0 saturated carbocycles. The highest BCUT2D eigenvalue weighted by atomic mass is 16.4. The van der Waals surface area contributed by atoms with E-state index in [1.807, 2.05) is 32.0 Å². The van der Waals surface area contributed by atoms with Gasteiger partial charge in [-0.05, 0) is 31.4 Å². The Hall–Kier alpha value is -1.75. The molecular formula is C14H16O2. The zero-order valence-corrected chi connectivity index (χ0v) is 9.87. The van der Waals surface area contributed by atoms with E-state index in [-0.39, 0.29) is 0 Å². The molecule has 0 aliphatic rings. The van der Waals surface area contributed by atoms with Crippen molar-refractivity contribution in [3.63, 3.8) is 0 Å². The van der Waals surface area contributed by atoms with Gasteiger partial charge < -0.3 is 5.11 Å². The van der Waals surface area contributed by atoms with E-state index in [0.717, 1.165) is 16.7 Å². The van der Waals surface area contributed by atoms with Gasteiger partial charge in [0.2, 0.25) is 0 Å². The number of aliphatic carboxylic acids is 1. The molecule has 0 saturated heterocycles. The smallest absolute Gasteiger partial charge is 0.326 e. The average molecular weight is 216 g/mol. The molecule has 1 N–H and O–H groups in total. The third-order valence-electron chi connectivity index (χ3n) is 2.98. The zero-order chi connectivity index (χ0) is 12.3. The van der Waals surface area contributed by atoms with Gasteiger partial charge in [-0.15, -0.1) is 6.42 Å². The lowest BCUT2D eigenvalue weighted by Gasteiger charge is -2.24. The van der Waals surface area contributed by atoms with Crippen molar-refractivity contribution in [3.8, 4) is 12.3 Å². The molecule has 0 radical (unpaired) electrons. The van der Waals surface area contributed by atoms with E-state index in [1.54, 1.807) is 6.92 Å². The van der Waals surface area contributed by atoms with Gasteiger partial charge in [-0.25, -0.2) is 0 Å². The van der Waals surface area contributed by atoms with Crippen molar-refractivity contribution in [2.75, 3.05) is 0 Å². The van der Waals surface area contributed by atoms with Gasteiger partial charge in [0.05, 0.1) is 0 Å². The van der Waals surface area contributed by atoms with Gasteiger partial charge in [0.25, 0.3) is 0 Å². The lowest BCUT2D eigenvalue weighted by atomic mass is 9.76. The van der Waals surface area contributed by atoms with Crippen LogP contribution in [0.5, 0.6) is 0 Å². The van der Waals surface area contributed by atoms with E-state index in [0.29, 0.717) is 6.42 Å². The Morgan fingerprint density at radius 3 is 2.50 bits per heavy atom. The van der Waals surface area contributed by atoms with Gasteiger partial charge in [-0.2, -0.15) is 0 Å². The number of hydrogen-bond acceptors (Lipinski definition) is 1. The normalized spacial score (nSPS) is 13.9. The molecule has 0 aromatic heterocycles. The molecule has 1 unspecified atom stereocenters. The van der Waals surface area contributed by atoms with Crippen LogP contribution in [0, 0.1) is 26.2 Å². The maximum absolute atomic E-state index is 11.4. The van der Waals surface area contributed by atoms with E-state index in [2.05, 4.69) is 5.92 Å². The first-order chi connectivity index (χ1) is 7.47. The number of carbonyl (C=O) groups is 1. The van der Waals surface area contributed by atoms with E-state index in [1.165, 1.54) is 0 Å². The SMILES string of the molecule is C#CC(CC)(C(=O)O)c1ccc(C)cc1C. The van der Waals surface area contributed by atoms with Crippen molar-refractivity contribution in [2.45, 2.75) is 32.6 Å². The monoisotopic (exact) mass is 216 g/mol. The average Bonchev–Trinajstić information content (AvgIpc) is 2.22. The first kappa shape index (κ1) is 12.3. The molecule has 0 spiro atoms. The summed E-state index contributed by atoms with van der Waals surface area (Å²) in [5.74, 6) is 1.49. The summed E-state index contributed by atoms with van der Waals surface area (Å²) in [6, 6.07) is 5.68. The highest BCUT2D eigenvalue weighted by Gasteiger charge is 2.37. The molecule has 0 aliphatic carbocycles. The second kappa shape index (κ2) is 4.40. The van der Waals surface area contributed by atoms with Crippen molar-refractivity contribution >= 4 is 5.97 Å². The first-order valence-electron chi connectivity index (χ1n) is 5.27. The summed E-state index contributed by atoms with van der Waals surface area (Å²) in [6.07, 6.45) is 5.82. The molecule has 1 atom stereocenters. The van der Waals surface area contributed by atoms with Gasteiger partial charge in [0, 0.05) is 0 Å². The van der Waals surface area contributed by atoms with E-state index < -0.39 is 11.4 Å². The fourth-order valence-corrected chi connectivity index (χ4v) is 1.99. The summed E-state index contributed by atoms with van der Waals surface area (Å²) >= 11 is 0. The molecule has 2 heteroatoms. The van der Waals surface area contributed by atoms with Crippen LogP contribution in [0.25, 0.3) is 0 Å². The van der Waals surface area contributed by atoms with Gasteiger partial charge in [-0.3, -0.25) is 4.79 Å². The maximum atomic E-state index is 11.4. The summed E-state index contributed by atoms with van der Waals surface area (Å²) in [5.41, 5.74) is 1.56. The molecular weight excluding hydrogens is 200 g/mol. The molecule has 0 bridgehead atoms. The van der Waals surface area contributed by atoms with Gasteiger partial charge in [-0.1, -0.05) is 36.6 Å². The predicted molar refractivity (Wildman–Crippen MR) is 64.4 cm³/mol. The molecule has 0 heterocycles. The molecule has 1 aromatic rings. The highest BCUT2D eigenvalue weighted by molar-refractivity contribution is 5.86. The Morgan fingerprint density at radius 1 is 1.50 bits per heavy atom. The fourth-order valence-electron chi connectivity index (χ4n) is 1.99. The number of hydrogen-bond donors (Lipinski definition) is 1. The minimum Gasteiger partial charge on any atom is -0.480 e. The minimum atomic E-state index is -1.20. The lowest BCUT2D eigenvalue weighted by molar-refractivity contribution is -0.141. The number of carboxylic acid groups (broad SMARTS) is 1. The summed E-state index contributed by atoms with van der Waals surface area (Å²) in [7, 11) is 0. The largest absolute Gasteiger partial charge is 0.480 e. The van der Waals surface area contributed by atoms with Crippen LogP contribution in [0.4, 0.5) is 0 Å². The second-order valence-electron chi connectivity index (χ2n) is 4.03. The third-order valence-corrected chi connectivity index (χ3v) is 2.98. The number of carboxylic acids is 1. The number of rotatable bonds is 3. The molecule has 1 aromatic carbocycles. The Kier molecular flexibility index (Phi) is 3.39. The molecule has 0 amide bonds. The van der Waals surface area contributed by atoms with E-state index in [4.69, 9.17) is 6.42 Å². The van der Waals surface area contributed by atoms with Gasteiger partial charge in [0.1, 0.15) is 0 Å². The van der Waals surface area contributed by atoms with E-state index in [9.17, 15) is 9.90 Å². The Bertz CT molecular complexity index is 454. The Morgan fingerprint density at radius 2 is 2.12 bits per heavy atom. The second-order valence-corrected chi connectivity index (χ2v) is 4.03. The highest BCUT2D eigenvalue weighted by Crippen LogP contribution is 2.30. The quantitative estimate of drug-likeness (QED) is 0.789. The molecule has 16 heavy (non-hydrogen) atoms. The van der Waals surface area contributed by atoms with Crippen molar-refractivity contribution in [1.29, 1.82) is 0 Å². The van der Waals surface area contributed by atoms with Crippen molar-refractivity contribution < 1.29 is 9.90 Å². The van der Waals surface area contributed by atoms with Crippen LogP contribution in [0.3, 0.4) is 0 Å². The Labute approximate surface area is 96.3 Å². The standard InChI is InChI=1S/C14H16O2/c1-5-14(6-2,13(15)16)12-8-7-10(3)9-11(12)4/h1,7-9H,6H2,2-4H3,(H,15,16). The molecule has 0 fully saturated rings. The molecule has 84 valence electrons. The summed E-state index contributed by atoms with van der Waals surface area (Å²) in [6.45, 7) is 5.67. The predicted octanol–water partition coefficient (Wildman–Crippen LogP) is 2.67. The van der Waals surface area contributed by atoms with Gasteiger partial charge >= 0.3 is 5.97 Å². The molecule has 0 aliphatic heterocycles. The van der Waals surface area contributed by atoms with Crippen molar-refractivity contribution in [3.05, 3.63) is 34.9 Å². The molecule has 1 rings (SSSR count). The minimum absolute atomic E-state index is 0.392. The summed E-state index contributed by atoms with van der Waals surface area (Å²) < 4.78 is 0. The van der Waals surface area contributed by atoms with Crippen LogP contribution in [-0.4, -0.2) is 11.1 Å². The number of benzene rings is 1. The van der Waals surface area contributed by atoms with Gasteiger partial charge in [0.15, 0.2) is 5.41 Å². The van der Waals surface area contributed by atoms with Crippen LogP contribution in [-0.2, 0) is 10.2 Å².